The molecule has 1 amide bonds. The van der Waals surface area contributed by atoms with Crippen LogP contribution in [-0.4, -0.2) is 87.1 Å². The Labute approximate surface area is 129 Å². The fourth-order valence-electron chi connectivity index (χ4n) is 3.38. The van der Waals surface area contributed by atoms with Gasteiger partial charge in [0.25, 0.3) is 0 Å². The van der Waals surface area contributed by atoms with E-state index in [2.05, 4.69) is 41.2 Å². The molecule has 2 heterocycles. The lowest BCUT2D eigenvalue weighted by molar-refractivity contribution is -0.139. The minimum absolute atomic E-state index is 0.195. The van der Waals surface area contributed by atoms with Gasteiger partial charge in [0, 0.05) is 25.7 Å². The van der Waals surface area contributed by atoms with E-state index in [1.807, 2.05) is 0 Å². The number of likely N-dealkylation sites (N-methyl/N-ethyl adjacent to an activating group) is 1. The van der Waals surface area contributed by atoms with Gasteiger partial charge in [0.15, 0.2) is 0 Å². The molecule has 5 nitrogen and oxygen atoms in total. The number of carbonyl (C=O) groups is 1. The summed E-state index contributed by atoms with van der Waals surface area (Å²) in [5.41, 5.74) is 0. The maximum absolute atomic E-state index is 12.9. The lowest BCUT2D eigenvalue weighted by atomic mass is 9.95. The highest BCUT2D eigenvalue weighted by Crippen LogP contribution is 2.20. The molecular weight excluding hydrogens is 264 g/mol. The number of hydrogen-bond acceptors (Lipinski definition) is 4. The van der Waals surface area contributed by atoms with Gasteiger partial charge in [0.05, 0.1) is 5.92 Å². The van der Waals surface area contributed by atoms with Crippen molar-refractivity contribution < 1.29 is 4.79 Å². The molecule has 0 spiro atoms. The number of piperidine rings is 2. The van der Waals surface area contributed by atoms with E-state index in [0.717, 1.165) is 65.0 Å². The van der Waals surface area contributed by atoms with Crippen LogP contribution in [0.5, 0.6) is 0 Å². The summed E-state index contributed by atoms with van der Waals surface area (Å²) >= 11 is 0. The van der Waals surface area contributed by atoms with Gasteiger partial charge in [-0.15, -0.1) is 0 Å². The lowest BCUT2D eigenvalue weighted by Gasteiger charge is -2.40. The first-order valence-electron chi connectivity index (χ1n) is 8.42. The normalized spacial score (nSPS) is 25.2. The minimum atomic E-state index is 0.195. The zero-order valence-electron chi connectivity index (χ0n) is 14.0. The number of carbonyl (C=O) groups excluding carboxylic acids is 1. The molecule has 0 aromatic carbocycles. The lowest BCUT2D eigenvalue weighted by Crippen LogP contribution is -2.52. The third-order valence-corrected chi connectivity index (χ3v) is 4.85. The van der Waals surface area contributed by atoms with Crippen LogP contribution in [0.2, 0.25) is 0 Å². The summed E-state index contributed by atoms with van der Waals surface area (Å²) in [7, 11) is 6.34. The highest BCUT2D eigenvalue weighted by molar-refractivity contribution is 5.79. The summed E-state index contributed by atoms with van der Waals surface area (Å²) in [6, 6.07) is 0.440. The molecule has 0 bridgehead atoms. The molecule has 21 heavy (non-hydrogen) atoms. The van der Waals surface area contributed by atoms with Gasteiger partial charge in [-0.3, -0.25) is 4.79 Å². The van der Waals surface area contributed by atoms with E-state index in [0.29, 0.717) is 11.9 Å². The first-order valence-corrected chi connectivity index (χ1v) is 8.42. The Morgan fingerprint density at radius 2 is 1.90 bits per heavy atom. The highest BCUT2D eigenvalue weighted by atomic mass is 16.2. The van der Waals surface area contributed by atoms with Crippen molar-refractivity contribution in [3.63, 3.8) is 0 Å². The molecule has 0 unspecified atom stereocenters. The molecule has 2 aliphatic rings. The van der Waals surface area contributed by atoms with Gasteiger partial charge in [0.2, 0.25) is 5.91 Å². The first-order chi connectivity index (χ1) is 10.1. The Morgan fingerprint density at radius 3 is 2.48 bits per heavy atom. The van der Waals surface area contributed by atoms with Crippen molar-refractivity contribution in [3.05, 3.63) is 0 Å². The zero-order valence-corrected chi connectivity index (χ0v) is 14.0. The molecule has 5 heteroatoms. The fraction of sp³-hybridized carbons (Fsp3) is 0.938. The van der Waals surface area contributed by atoms with E-state index < -0.39 is 0 Å². The second-order valence-electron chi connectivity index (χ2n) is 6.91. The number of hydrogen-bond donors (Lipinski definition) is 1. The second kappa shape index (κ2) is 8.11. The zero-order chi connectivity index (χ0) is 15.2. The summed E-state index contributed by atoms with van der Waals surface area (Å²) in [6.45, 7) is 5.98. The number of nitrogens with zero attached hydrogens (tertiary/aromatic N) is 3. The molecule has 122 valence electrons. The molecule has 0 aliphatic carbocycles. The minimum Gasteiger partial charge on any atom is -0.338 e. The van der Waals surface area contributed by atoms with Crippen LogP contribution in [0.4, 0.5) is 0 Å². The monoisotopic (exact) mass is 296 g/mol. The molecule has 0 aromatic rings. The molecule has 0 radical (unpaired) electrons. The number of amides is 1. The van der Waals surface area contributed by atoms with Gasteiger partial charge >= 0.3 is 0 Å². The molecular formula is C16H32N4O. The Balaban J connectivity index is 1.98. The fourth-order valence-corrected chi connectivity index (χ4v) is 3.38. The maximum Gasteiger partial charge on any atom is 0.227 e. The van der Waals surface area contributed by atoms with Crippen molar-refractivity contribution in [2.75, 3.05) is 60.4 Å². The molecule has 2 aliphatic heterocycles. The summed E-state index contributed by atoms with van der Waals surface area (Å²) < 4.78 is 0. The van der Waals surface area contributed by atoms with Crippen molar-refractivity contribution in [2.24, 2.45) is 5.92 Å². The van der Waals surface area contributed by atoms with Gasteiger partial charge in [-0.05, 0) is 66.5 Å². The van der Waals surface area contributed by atoms with Crippen molar-refractivity contribution in [1.29, 1.82) is 0 Å². The van der Waals surface area contributed by atoms with Crippen molar-refractivity contribution in [2.45, 2.75) is 31.7 Å². The average molecular weight is 296 g/mol. The topological polar surface area (TPSA) is 38.8 Å². The van der Waals surface area contributed by atoms with E-state index in [1.165, 1.54) is 0 Å². The molecule has 1 N–H and O–H groups in total. The van der Waals surface area contributed by atoms with Gasteiger partial charge < -0.3 is 20.0 Å². The van der Waals surface area contributed by atoms with Crippen LogP contribution >= 0.6 is 0 Å². The Bertz CT molecular complexity index is 320. The third-order valence-electron chi connectivity index (χ3n) is 4.85. The average Bonchev–Trinajstić information content (AvgIpc) is 2.49. The van der Waals surface area contributed by atoms with E-state index in [9.17, 15) is 4.79 Å². The predicted octanol–water partition coefficient (Wildman–Crippen LogP) is 0.470. The van der Waals surface area contributed by atoms with Gasteiger partial charge in [-0.1, -0.05) is 0 Å². The van der Waals surface area contributed by atoms with Crippen LogP contribution in [0, 0.1) is 5.92 Å². The predicted molar refractivity (Wildman–Crippen MR) is 86.4 cm³/mol. The Hall–Kier alpha value is -0.650. The molecule has 2 rings (SSSR count). The largest absolute Gasteiger partial charge is 0.338 e. The third kappa shape index (κ3) is 4.94. The van der Waals surface area contributed by atoms with Crippen LogP contribution in [0.25, 0.3) is 0 Å². The van der Waals surface area contributed by atoms with Crippen molar-refractivity contribution >= 4 is 5.91 Å². The summed E-state index contributed by atoms with van der Waals surface area (Å²) in [6.07, 6.45) is 4.42. The highest BCUT2D eigenvalue weighted by Gasteiger charge is 2.31. The van der Waals surface area contributed by atoms with E-state index >= 15 is 0 Å². The number of rotatable bonds is 5. The van der Waals surface area contributed by atoms with Crippen LogP contribution in [0.1, 0.15) is 25.7 Å². The van der Waals surface area contributed by atoms with E-state index in [1.54, 1.807) is 0 Å². The van der Waals surface area contributed by atoms with Crippen LogP contribution < -0.4 is 5.32 Å². The standard InChI is InChI=1S/C16H32N4O/c1-18(2)11-12-20(15-6-9-19(3)10-7-15)16(21)14-5-4-8-17-13-14/h14-15,17H,4-13H2,1-3H3/t14-/m1/s1. The van der Waals surface area contributed by atoms with Gasteiger partial charge in [-0.25, -0.2) is 0 Å². The Kier molecular flexibility index (Phi) is 6.45. The molecule has 2 fully saturated rings. The molecule has 1 atom stereocenters. The maximum atomic E-state index is 12.9. The van der Waals surface area contributed by atoms with Crippen molar-refractivity contribution in [1.82, 2.24) is 20.0 Å². The summed E-state index contributed by atoms with van der Waals surface area (Å²) in [5, 5.41) is 3.38. The number of nitrogens with one attached hydrogen (secondary N) is 1. The molecule has 0 saturated carbocycles. The van der Waals surface area contributed by atoms with Crippen LogP contribution in [-0.2, 0) is 4.79 Å². The molecule has 0 aromatic heterocycles. The number of likely N-dealkylation sites (tertiary alicyclic amines) is 1. The van der Waals surface area contributed by atoms with Gasteiger partial charge in [-0.2, -0.15) is 0 Å². The Morgan fingerprint density at radius 1 is 1.19 bits per heavy atom. The summed E-state index contributed by atoms with van der Waals surface area (Å²) in [4.78, 5) is 19.7. The smallest absolute Gasteiger partial charge is 0.227 e. The van der Waals surface area contributed by atoms with Gasteiger partial charge in [0.1, 0.15) is 0 Å². The second-order valence-corrected chi connectivity index (χ2v) is 6.91. The van der Waals surface area contributed by atoms with E-state index in [-0.39, 0.29) is 5.92 Å². The SMILES string of the molecule is CN(C)CCN(C(=O)[C@@H]1CCCNC1)C1CCN(C)CC1. The quantitative estimate of drug-likeness (QED) is 0.800. The summed E-state index contributed by atoms with van der Waals surface area (Å²) in [5.74, 6) is 0.583. The molecule has 2 saturated heterocycles. The first kappa shape index (κ1) is 16.7. The van der Waals surface area contributed by atoms with Crippen molar-refractivity contribution in [3.8, 4) is 0 Å². The van der Waals surface area contributed by atoms with Crippen LogP contribution in [0.15, 0.2) is 0 Å². The van der Waals surface area contributed by atoms with E-state index in [4.69, 9.17) is 0 Å². The van der Waals surface area contributed by atoms with Crippen LogP contribution in [0.3, 0.4) is 0 Å².